The van der Waals surface area contributed by atoms with E-state index in [0.29, 0.717) is 0 Å². The fourth-order valence-electron chi connectivity index (χ4n) is 0.836. The smallest absolute Gasteiger partial charge is 0.0169 e. The molecule has 0 rings (SSSR count). The molecule has 0 amide bonds. The highest BCUT2D eigenvalue weighted by molar-refractivity contribution is 4.76. The van der Waals surface area contributed by atoms with Crippen molar-refractivity contribution in [3.05, 3.63) is 12.3 Å². The minimum atomic E-state index is 1.12. The summed E-state index contributed by atoms with van der Waals surface area (Å²) in [6.45, 7) is 8.74. The lowest BCUT2D eigenvalue weighted by molar-refractivity contribution is 0.395. The van der Waals surface area contributed by atoms with Gasteiger partial charge in [0, 0.05) is 13.1 Å². The van der Waals surface area contributed by atoms with Gasteiger partial charge >= 0.3 is 0 Å². The quantitative estimate of drug-likeness (QED) is 0.560. The molecule has 0 saturated heterocycles. The molecule has 0 N–H and O–H groups in total. The Hall–Kier alpha value is -0.460. The Kier molecular flexibility index (Phi) is 5.38. The van der Waals surface area contributed by atoms with Crippen LogP contribution in [0.1, 0.15) is 27.2 Å². The molecule has 0 aliphatic heterocycles. The van der Waals surface area contributed by atoms with E-state index >= 15 is 0 Å². The van der Waals surface area contributed by atoms with Crippen molar-refractivity contribution in [1.29, 1.82) is 0 Å². The van der Waals surface area contributed by atoms with Crippen molar-refractivity contribution in [2.75, 3.05) is 13.1 Å². The maximum absolute atomic E-state index is 2.31. The lowest BCUT2D eigenvalue weighted by atomic mass is 10.4. The maximum Gasteiger partial charge on any atom is 0.0169 e. The van der Waals surface area contributed by atoms with Crippen molar-refractivity contribution >= 4 is 0 Å². The van der Waals surface area contributed by atoms with E-state index in [4.69, 9.17) is 0 Å². The lowest BCUT2D eigenvalue weighted by Gasteiger charge is -2.15. The van der Waals surface area contributed by atoms with Gasteiger partial charge in [0.15, 0.2) is 0 Å². The molecule has 0 atom stereocenters. The van der Waals surface area contributed by atoms with Crippen LogP contribution in [0.3, 0.4) is 0 Å². The Morgan fingerprint density at radius 3 is 2.33 bits per heavy atom. The zero-order valence-corrected chi connectivity index (χ0v) is 6.72. The molecule has 1 heteroatoms. The van der Waals surface area contributed by atoms with E-state index < -0.39 is 0 Å². The molecule has 0 aromatic heterocycles. The molecule has 0 radical (unpaired) electrons. The van der Waals surface area contributed by atoms with Crippen LogP contribution < -0.4 is 0 Å². The summed E-state index contributed by atoms with van der Waals surface area (Å²) in [6, 6.07) is 0. The standard InChI is InChI=1S/C8H17N/c1-4-7-9(6-3)8-5-2/h4,7H,5-6,8H2,1-3H3. The first-order valence-electron chi connectivity index (χ1n) is 3.72. The van der Waals surface area contributed by atoms with Crippen molar-refractivity contribution in [3.8, 4) is 0 Å². The summed E-state index contributed by atoms with van der Waals surface area (Å²) < 4.78 is 0. The van der Waals surface area contributed by atoms with Crippen LogP contribution in [-0.2, 0) is 0 Å². The van der Waals surface area contributed by atoms with Gasteiger partial charge in [0.05, 0.1) is 0 Å². The molecule has 0 aromatic rings. The van der Waals surface area contributed by atoms with Crippen molar-refractivity contribution in [2.24, 2.45) is 0 Å². The molecule has 0 fully saturated rings. The number of hydrogen-bond acceptors (Lipinski definition) is 1. The van der Waals surface area contributed by atoms with E-state index in [2.05, 4.69) is 37.9 Å². The third-order valence-electron chi connectivity index (χ3n) is 1.28. The fourth-order valence-corrected chi connectivity index (χ4v) is 0.836. The number of allylic oxidation sites excluding steroid dienone is 1. The van der Waals surface area contributed by atoms with E-state index in [0.717, 1.165) is 6.54 Å². The Labute approximate surface area is 58.4 Å². The van der Waals surface area contributed by atoms with E-state index in [1.807, 2.05) is 0 Å². The molecule has 0 aliphatic rings. The minimum Gasteiger partial charge on any atom is -0.378 e. The Morgan fingerprint density at radius 2 is 2.00 bits per heavy atom. The topological polar surface area (TPSA) is 3.24 Å². The van der Waals surface area contributed by atoms with Crippen LogP contribution in [0, 0.1) is 0 Å². The molecule has 0 aliphatic carbocycles. The first kappa shape index (κ1) is 8.54. The Morgan fingerprint density at radius 1 is 1.33 bits per heavy atom. The number of hydrogen-bond donors (Lipinski definition) is 0. The molecule has 0 heterocycles. The number of rotatable bonds is 4. The van der Waals surface area contributed by atoms with Crippen molar-refractivity contribution in [2.45, 2.75) is 27.2 Å². The zero-order chi connectivity index (χ0) is 7.11. The fraction of sp³-hybridized carbons (Fsp3) is 0.750. The molecule has 0 unspecified atom stereocenters. The molecule has 0 aromatic carbocycles. The van der Waals surface area contributed by atoms with Gasteiger partial charge < -0.3 is 4.90 Å². The monoisotopic (exact) mass is 127 g/mol. The summed E-state index contributed by atoms with van der Waals surface area (Å²) in [4.78, 5) is 2.31. The van der Waals surface area contributed by atoms with Crippen LogP contribution in [0.4, 0.5) is 0 Å². The second-order valence-electron chi connectivity index (χ2n) is 2.11. The molecule has 9 heavy (non-hydrogen) atoms. The first-order valence-corrected chi connectivity index (χ1v) is 3.72. The van der Waals surface area contributed by atoms with Crippen LogP contribution in [0.15, 0.2) is 12.3 Å². The maximum atomic E-state index is 2.31. The van der Waals surface area contributed by atoms with Gasteiger partial charge in [-0.25, -0.2) is 0 Å². The summed E-state index contributed by atoms with van der Waals surface area (Å²) in [7, 11) is 0. The number of nitrogens with zero attached hydrogens (tertiary/aromatic N) is 1. The van der Waals surface area contributed by atoms with Crippen LogP contribution >= 0.6 is 0 Å². The van der Waals surface area contributed by atoms with Gasteiger partial charge in [0.2, 0.25) is 0 Å². The van der Waals surface area contributed by atoms with Crippen molar-refractivity contribution in [3.63, 3.8) is 0 Å². The molecule has 0 spiro atoms. The third kappa shape index (κ3) is 4.07. The molecular weight excluding hydrogens is 110 g/mol. The summed E-state index contributed by atoms with van der Waals surface area (Å²) in [6.07, 6.45) is 5.46. The van der Waals surface area contributed by atoms with Crippen LogP contribution in [0.25, 0.3) is 0 Å². The molecule has 1 nitrogen and oxygen atoms in total. The van der Waals surface area contributed by atoms with Gasteiger partial charge in [-0.2, -0.15) is 0 Å². The van der Waals surface area contributed by atoms with Gasteiger partial charge in [-0.3, -0.25) is 0 Å². The van der Waals surface area contributed by atoms with Gasteiger partial charge in [-0.15, -0.1) is 0 Å². The average molecular weight is 127 g/mol. The van der Waals surface area contributed by atoms with Crippen molar-refractivity contribution < 1.29 is 0 Å². The van der Waals surface area contributed by atoms with Crippen LogP contribution in [-0.4, -0.2) is 18.0 Å². The predicted molar refractivity (Wildman–Crippen MR) is 42.4 cm³/mol. The summed E-state index contributed by atoms with van der Waals surface area (Å²) in [5.41, 5.74) is 0. The molecule has 0 bridgehead atoms. The summed E-state index contributed by atoms with van der Waals surface area (Å²) in [5.74, 6) is 0. The normalized spacial score (nSPS) is 10.6. The van der Waals surface area contributed by atoms with E-state index in [-0.39, 0.29) is 0 Å². The highest BCUT2D eigenvalue weighted by Crippen LogP contribution is 1.90. The summed E-state index contributed by atoms with van der Waals surface area (Å²) in [5, 5.41) is 0. The second-order valence-corrected chi connectivity index (χ2v) is 2.11. The van der Waals surface area contributed by atoms with Gasteiger partial charge in [0.1, 0.15) is 0 Å². The van der Waals surface area contributed by atoms with E-state index in [9.17, 15) is 0 Å². The third-order valence-corrected chi connectivity index (χ3v) is 1.28. The van der Waals surface area contributed by atoms with Crippen LogP contribution in [0.2, 0.25) is 0 Å². The molecule has 54 valence electrons. The molecule has 0 saturated carbocycles. The SMILES string of the molecule is CC=CN(CC)CCC. The molecular formula is C8H17N. The largest absolute Gasteiger partial charge is 0.378 e. The highest BCUT2D eigenvalue weighted by atomic mass is 15.1. The van der Waals surface area contributed by atoms with Gasteiger partial charge in [-0.1, -0.05) is 13.0 Å². The Balaban J connectivity index is 3.41. The first-order chi connectivity index (χ1) is 4.35. The van der Waals surface area contributed by atoms with E-state index in [1.165, 1.54) is 13.0 Å². The van der Waals surface area contributed by atoms with Gasteiger partial charge in [0.25, 0.3) is 0 Å². The zero-order valence-electron chi connectivity index (χ0n) is 6.72. The van der Waals surface area contributed by atoms with Crippen LogP contribution in [0.5, 0.6) is 0 Å². The minimum absolute atomic E-state index is 1.12. The van der Waals surface area contributed by atoms with Crippen molar-refractivity contribution in [1.82, 2.24) is 4.90 Å². The highest BCUT2D eigenvalue weighted by Gasteiger charge is 1.89. The lowest BCUT2D eigenvalue weighted by Crippen LogP contribution is -2.16. The second kappa shape index (κ2) is 5.67. The predicted octanol–water partition coefficient (Wildman–Crippen LogP) is 2.25. The van der Waals surface area contributed by atoms with Gasteiger partial charge in [-0.05, 0) is 26.5 Å². The Bertz CT molecular complexity index is 76.6. The summed E-state index contributed by atoms with van der Waals surface area (Å²) >= 11 is 0. The van der Waals surface area contributed by atoms with E-state index in [1.54, 1.807) is 0 Å². The average Bonchev–Trinajstić information content (AvgIpc) is 1.88.